The summed E-state index contributed by atoms with van der Waals surface area (Å²) < 4.78 is 10.6. The van der Waals surface area contributed by atoms with Gasteiger partial charge in [0.15, 0.2) is 0 Å². The minimum absolute atomic E-state index is 0.210. The van der Waals surface area contributed by atoms with Gasteiger partial charge in [0.25, 0.3) is 0 Å². The zero-order valence-electron chi connectivity index (χ0n) is 24.9. The van der Waals surface area contributed by atoms with Crippen molar-refractivity contribution in [3.05, 3.63) is 59.7 Å². The molecule has 0 saturated carbocycles. The van der Waals surface area contributed by atoms with Crippen LogP contribution >= 0.6 is 46.4 Å². The Morgan fingerprint density at radius 3 is 1.26 bits per heavy atom. The molecule has 0 heterocycles. The van der Waals surface area contributed by atoms with Crippen LogP contribution in [-0.2, 0) is 31.9 Å². The topological polar surface area (TPSA) is 71.1 Å². The van der Waals surface area contributed by atoms with Crippen LogP contribution in [0.3, 0.4) is 0 Å². The van der Waals surface area contributed by atoms with E-state index in [9.17, 15) is 9.59 Å². The van der Waals surface area contributed by atoms with Crippen LogP contribution < -0.4 is 15.1 Å². The summed E-state index contributed by atoms with van der Waals surface area (Å²) in [6, 6.07) is 16.6. The summed E-state index contributed by atoms with van der Waals surface area (Å²) in [4.78, 5) is 28.4. The first-order valence-corrected chi connectivity index (χ1v) is 17.1. The highest BCUT2D eigenvalue weighted by Gasteiger charge is 2.08. The molecule has 2 rings (SSSR count). The molecule has 240 valence electrons. The van der Waals surface area contributed by atoms with Gasteiger partial charge in [-0.2, -0.15) is 0 Å². The van der Waals surface area contributed by atoms with Crippen LogP contribution in [0, 0.1) is 0 Å². The molecule has 2 aromatic rings. The standard InChI is InChI=1S/C32H45Cl4N3O4/c33-15-21-38(22-16-34)29-11-7-27(8-12-29)3-1-5-31(40)42-25-19-37-20-26-43-32(41)6-2-4-28-9-13-30(14-10-28)39(23-17-35)24-18-36/h7-14,37H,1-6,15-26H2. The second kappa shape index (κ2) is 23.5. The Morgan fingerprint density at radius 1 is 0.581 bits per heavy atom. The molecule has 43 heavy (non-hydrogen) atoms. The lowest BCUT2D eigenvalue weighted by molar-refractivity contribution is -0.143. The predicted molar refractivity (Wildman–Crippen MR) is 181 cm³/mol. The largest absolute Gasteiger partial charge is 0.464 e. The number of carbonyl (C=O) groups excluding carboxylic acids is 2. The third kappa shape index (κ3) is 16.1. The van der Waals surface area contributed by atoms with Gasteiger partial charge in [-0.1, -0.05) is 24.3 Å². The Morgan fingerprint density at radius 2 is 0.930 bits per heavy atom. The van der Waals surface area contributed by atoms with Gasteiger partial charge in [0.1, 0.15) is 13.2 Å². The average Bonchev–Trinajstić information content (AvgIpc) is 3.01. The van der Waals surface area contributed by atoms with Gasteiger partial charge in [0, 0.05) is 87.0 Å². The van der Waals surface area contributed by atoms with Gasteiger partial charge >= 0.3 is 11.9 Å². The Bertz CT molecular complexity index is 935. The number of rotatable bonds is 24. The van der Waals surface area contributed by atoms with E-state index in [1.807, 2.05) is 0 Å². The maximum atomic E-state index is 12.0. The van der Waals surface area contributed by atoms with E-state index in [4.69, 9.17) is 55.9 Å². The van der Waals surface area contributed by atoms with E-state index in [2.05, 4.69) is 63.6 Å². The number of anilines is 2. The molecule has 0 unspecified atom stereocenters. The molecule has 0 spiro atoms. The van der Waals surface area contributed by atoms with E-state index in [-0.39, 0.29) is 25.2 Å². The normalized spacial score (nSPS) is 10.9. The number of hydrogen-bond donors (Lipinski definition) is 1. The zero-order chi connectivity index (χ0) is 31.1. The molecule has 0 atom stereocenters. The number of hydrogen-bond acceptors (Lipinski definition) is 7. The highest BCUT2D eigenvalue weighted by Crippen LogP contribution is 2.18. The van der Waals surface area contributed by atoms with Crippen LogP contribution in [0.2, 0.25) is 0 Å². The molecular weight excluding hydrogens is 632 g/mol. The van der Waals surface area contributed by atoms with Gasteiger partial charge in [-0.15, -0.1) is 46.4 Å². The molecule has 0 aliphatic heterocycles. The van der Waals surface area contributed by atoms with Crippen molar-refractivity contribution in [3.8, 4) is 0 Å². The number of alkyl halides is 4. The summed E-state index contributed by atoms with van der Waals surface area (Å²) in [6.45, 7) is 4.60. The molecule has 0 aromatic heterocycles. The maximum absolute atomic E-state index is 12.0. The molecule has 0 bridgehead atoms. The SMILES string of the molecule is O=C(CCCc1ccc(N(CCCl)CCCl)cc1)OCCNCCOC(=O)CCCc1ccc(N(CCCl)CCCl)cc1. The third-order valence-electron chi connectivity index (χ3n) is 6.80. The highest BCUT2D eigenvalue weighted by atomic mass is 35.5. The third-order valence-corrected chi connectivity index (χ3v) is 7.47. The Kier molecular flexibility index (Phi) is 20.4. The fourth-order valence-corrected chi connectivity index (χ4v) is 5.33. The van der Waals surface area contributed by atoms with Crippen LogP contribution in [-0.4, -0.2) is 87.9 Å². The molecule has 0 radical (unpaired) electrons. The van der Waals surface area contributed by atoms with Crippen LogP contribution in [0.5, 0.6) is 0 Å². The molecule has 0 fully saturated rings. The van der Waals surface area contributed by atoms with Crippen molar-refractivity contribution in [2.24, 2.45) is 0 Å². The summed E-state index contributed by atoms with van der Waals surface area (Å²) in [5.41, 5.74) is 4.54. The number of nitrogens with one attached hydrogen (secondary N) is 1. The molecule has 0 aliphatic rings. The zero-order valence-corrected chi connectivity index (χ0v) is 27.9. The average molecular weight is 678 g/mol. The Hall–Kier alpha value is -1.90. The van der Waals surface area contributed by atoms with Crippen molar-refractivity contribution >= 4 is 69.7 Å². The van der Waals surface area contributed by atoms with E-state index in [1.54, 1.807) is 0 Å². The molecule has 2 aromatic carbocycles. The summed E-state index contributed by atoms with van der Waals surface area (Å²) in [7, 11) is 0. The fraction of sp³-hybridized carbons (Fsp3) is 0.562. The van der Waals surface area contributed by atoms with E-state index in [0.29, 0.717) is 49.5 Å². The maximum Gasteiger partial charge on any atom is 0.305 e. The van der Waals surface area contributed by atoms with Crippen molar-refractivity contribution in [1.29, 1.82) is 0 Å². The number of esters is 2. The van der Waals surface area contributed by atoms with E-state index < -0.39 is 0 Å². The van der Waals surface area contributed by atoms with E-state index >= 15 is 0 Å². The molecule has 0 saturated heterocycles. The fourth-order valence-electron chi connectivity index (χ4n) is 4.51. The predicted octanol–water partition coefficient (Wildman–Crippen LogP) is 6.28. The minimum Gasteiger partial charge on any atom is -0.464 e. The smallest absolute Gasteiger partial charge is 0.305 e. The number of nitrogens with zero attached hydrogens (tertiary/aromatic N) is 2. The number of carbonyl (C=O) groups is 2. The van der Waals surface area contributed by atoms with Crippen LogP contribution in [0.25, 0.3) is 0 Å². The van der Waals surface area contributed by atoms with Crippen LogP contribution in [0.4, 0.5) is 11.4 Å². The molecule has 7 nitrogen and oxygen atoms in total. The lowest BCUT2D eigenvalue weighted by atomic mass is 10.1. The first-order valence-electron chi connectivity index (χ1n) is 14.9. The van der Waals surface area contributed by atoms with E-state index in [0.717, 1.165) is 63.2 Å². The van der Waals surface area contributed by atoms with Gasteiger partial charge in [-0.25, -0.2) is 0 Å². The Balaban J connectivity index is 1.48. The second-order valence-electron chi connectivity index (χ2n) is 9.96. The van der Waals surface area contributed by atoms with Crippen molar-refractivity contribution in [2.75, 3.05) is 85.8 Å². The van der Waals surface area contributed by atoms with Gasteiger partial charge < -0.3 is 24.6 Å². The molecular formula is C32H45Cl4N3O4. The van der Waals surface area contributed by atoms with Gasteiger partial charge in [0.05, 0.1) is 0 Å². The van der Waals surface area contributed by atoms with E-state index in [1.165, 1.54) is 11.1 Å². The highest BCUT2D eigenvalue weighted by molar-refractivity contribution is 6.19. The van der Waals surface area contributed by atoms with Crippen molar-refractivity contribution in [1.82, 2.24) is 5.32 Å². The van der Waals surface area contributed by atoms with Gasteiger partial charge in [-0.05, 0) is 61.1 Å². The van der Waals surface area contributed by atoms with Crippen molar-refractivity contribution in [2.45, 2.75) is 38.5 Å². The molecule has 0 amide bonds. The monoisotopic (exact) mass is 675 g/mol. The van der Waals surface area contributed by atoms with Crippen molar-refractivity contribution in [3.63, 3.8) is 0 Å². The van der Waals surface area contributed by atoms with Crippen LogP contribution in [0.15, 0.2) is 48.5 Å². The first-order chi connectivity index (χ1) is 21.0. The van der Waals surface area contributed by atoms with Crippen LogP contribution in [0.1, 0.15) is 36.8 Å². The summed E-state index contributed by atoms with van der Waals surface area (Å²) in [5.74, 6) is 1.77. The number of ether oxygens (including phenoxy) is 2. The first kappa shape index (κ1) is 37.3. The van der Waals surface area contributed by atoms with Crippen molar-refractivity contribution < 1.29 is 19.1 Å². The molecule has 1 N–H and O–H groups in total. The number of benzene rings is 2. The summed E-state index contributed by atoms with van der Waals surface area (Å²) in [5, 5.41) is 3.13. The number of halogens is 4. The molecule has 11 heteroatoms. The van der Waals surface area contributed by atoms with Gasteiger partial charge in [-0.3, -0.25) is 9.59 Å². The molecule has 0 aliphatic carbocycles. The lowest BCUT2D eigenvalue weighted by Crippen LogP contribution is -2.27. The second-order valence-corrected chi connectivity index (χ2v) is 11.5. The Labute approximate surface area is 277 Å². The lowest BCUT2D eigenvalue weighted by Gasteiger charge is -2.23. The summed E-state index contributed by atoms with van der Waals surface area (Å²) >= 11 is 23.5. The minimum atomic E-state index is -0.210. The van der Waals surface area contributed by atoms with Gasteiger partial charge in [0.2, 0.25) is 0 Å². The summed E-state index contributed by atoms with van der Waals surface area (Å²) in [6.07, 6.45) is 3.80. The number of aryl methyl sites for hydroxylation is 2. The quantitative estimate of drug-likeness (QED) is 0.0798.